The predicted molar refractivity (Wildman–Crippen MR) is 77.2 cm³/mol. The third-order valence-corrected chi connectivity index (χ3v) is 3.00. The number of anilines is 1. The molecule has 0 fully saturated rings. The number of nitrogens with one attached hydrogen (secondary N) is 1. The molecule has 2 rings (SSSR count). The first kappa shape index (κ1) is 13.5. The van der Waals surface area contributed by atoms with Gasteiger partial charge in [0.25, 0.3) is 0 Å². The number of nitrogens with zero attached hydrogens (tertiary/aromatic N) is 4. The smallest absolute Gasteiger partial charge is 0.180 e. The van der Waals surface area contributed by atoms with Gasteiger partial charge < -0.3 is 9.88 Å². The average Bonchev–Trinajstić information content (AvgIpc) is 2.87. The van der Waals surface area contributed by atoms with Gasteiger partial charge in [0.2, 0.25) is 0 Å². The zero-order valence-electron chi connectivity index (χ0n) is 12.0. The summed E-state index contributed by atoms with van der Waals surface area (Å²) in [5, 5.41) is 3.10. The van der Waals surface area contributed by atoms with Gasteiger partial charge in [0.1, 0.15) is 11.5 Å². The number of hydrogen-bond donors (Lipinski definition) is 1. The lowest BCUT2D eigenvalue weighted by Crippen LogP contribution is -2.05. The van der Waals surface area contributed by atoms with Crippen molar-refractivity contribution in [3.8, 4) is 11.5 Å². The molecule has 0 aliphatic heterocycles. The molecule has 2 heterocycles. The number of aromatic nitrogens is 4. The Hall–Kier alpha value is -1.91. The molecule has 0 atom stereocenters. The summed E-state index contributed by atoms with van der Waals surface area (Å²) < 4.78 is 2.10. The number of aryl methyl sites for hydroxylation is 1. The van der Waals surface area contributed by atoms with Crippen LogP contribution in [-0.2, 0) is 6.54 Å². The quantitative estimate of drug-likeness (QED) is 0.897. The normalized spacial score (nSPS) is 11.0. The van der Waals surface area contributed by atoms with Crippen molar-refractivity contribution in [1.82, 2.24) is 19.5 Å². The number of hydrogen-bond acceptors (Lipinski definition) is 4. The Labute approximate surface area is 114 Å². The zero-order valence-corrected chi connectivity index (χ0v) is 12.0. The highest BCUT2D eigenvalue weighted by molar-refractivity contribution is 5.53. The second-order valence-electron chi connectivity index (χ2n) is 4.88. The van der Waals surface area contributed by atoms with Crippen molar-refractivity contribution in [3.05, 3.63) is 24.3 Å². The zero-order chi connectivity index (χ0) is 13.8. The third kappa shape index (κ3) is 2.92. The van der Waals surface area contributed by atoms with Gasteiger partial charge in [-0.3, -0.25) is 0 Å². The van der Waals surface area contributed by atoms with Crippen LogP contribution in [-0.4, -0.2) is 26.6 Å². The van der Waals surface area contributed by atoms with E-state index >= 15 is 0 Å². The van der Waals surface area contributed by atoms with Gasteiger partial charge >= 0.3 is 0 Å². The Morgan fingerprint density at radius 1 is 1.32 bits per heavy atom. The molecule has 0 radical (unpaired) electrons. The third-order valence-electron chi connectivity index (χ3n) is 3.00. The van der Waals surface area contributed by atoms with Gasteiger partial charge in [0, 0.05) is 25.4 Å². The minimum absolute atomic E-state index is 0.372. The van der Waals surface area contributed by atoms with Gasteiger partial charge in [-0.2, -0.15) is 0 Å². The summed E-state index contributed by atoms with van der Waals surface area (Å²) in [6.45, 7) is 7.34. The summed E-state index contributed by atoms with van der Waals surface area (Å²) in [5.41, 5.74) is 2.01. The van der Waals surface area contributed by atoms with Crippen molar-refractivity contribution in [2.45, 2.75) is 39.7 Å². The van der Waals surface area contributed by atoms with Gasteiger partial charge in [0.05, 0.1) is 12.5 Å². The number of rotatable bonds is 5. The van der Waals surface area contributed by atoms with Crippen molar-refractivity contribution >= 4 is 5.82 Å². The van der Waals surface area contributed by atoms with Gasteiger partial charge in [-0.25, -0.2) is 15.0 Å². The lowest BCUT2D eigenvalue weighted by atomic mass is 10.1. The SMILES string of the molecule is CCCn1cncc1-c1nc(NC)cc(C(C)C)n1. The Morgan fingerprint density at radius 3 is 2.74 bits per heavy atom. The second kappa shape index (κ2) is 5.82. The summed E-state index contributed by atoms with van der Waals surface area (Å²) >= 11 is 0. The van der Waals surface area contributed by atoms with E-state index in [9.17, 15) is 0 Å². The van der Waals surface area contributed by atoms with Gasteiger partial charge in [-0.1, -0.05) is 20.8 Å². The molecule has 0 saturated carbocycles. The highest BCUT2D eigenvalue weighted by Crippen LogP contribution is 2.21. The maximum absolute atomic E-state index is 4.65. The summed E-state index contributed by atoms with van der Waals surface area (Å²) in [4.78, 5) is 13.4. The molecule has 0 aromatic carbocycles. The van der Waals surface area contributed by atoms with E-state index < -0.39 is 0 Å². The van der Waals surface area contributed by atoms with E-state index in [1.165, 1.54) is 0 Å². The van der Waals surface area contributed by atoms with E-state index in [4.69, 9.17) is 0 Å². The van der Waals surface area contributed by atoms with E-state index in [0.717, 1.165) is 36.0 Å². The van der Waals surface area contributed by atoms with Gasteiger partial charge in [-0.05, 0) is 12.3 Å². The summed E-state index contributed by atoms with van der Waals surface area (Å²) in [7, 11) is 1.87. The fourth-order valence-corrected chi connectivity index (χ4v) is 1.93. The molecule has 5 heteroatoms. The van der Waals surface area contributed by atoms with E-state index in [1.54, 1.807) is 0 Å². The minimum Gasteiger partial charge on any atom is -0.373 e. The molecular formula is C14H21N5. The average molecular weight is 259 g/mol. The molecular weight excluding hydrogens is 238 g/mol. The standard InChI is InChI=1S/C14H21N5/c1-5-6-19-9-16-8-12(19)14-17-11(10(2)3)7-13(15-4)18-14/h7-10H,5-6H2,1-4H3,(H,15,17,18). The molecule has 0 unspecified atom stereocenters. The Bertz CT molecular complexity index is 545. The molecule has 2 aromatic heterocycles. The van der Waals surface area contributed by atoms with E-state index in [2.05, 4.69) is 45.6 Å². The van der Waals surface area contributed by atoms with Gasteiger partial charge in [-0.15, -0.1) is 0 Å². The molecule has 0 aliphatic carbocycles. The van der Waals surface area contributed by atoms with Crippen LogP contribution in [0.1, 0.15) is 38.8 Å². The molecule has 2 aromatic rings. The predicted octanol–water partition coefficient (Wildman–Crippen LogP) is 2.92. The topological polar surface area (TPSA) is 55.6 Å². The first-order chi connectivity index (χ1) is 9.15. The molecule has 1 N–H and O–H groups in total. The lowest BCUT2D eigenvalue weighted by molar-refractivity contribution is 0.680. The molecule has 0 amide bonds. The lowest BCUT2D eigenvalue weighted by Gasteiger charge is -2.11. The van der Waals surface area contributed by atoms with Crippen molar-refractivity contribution < 1.29 is 0 Å². The van der Waals surface area contributed by atoms with Crippen LogP contribution in [0.2, 0.25) is 0 Å². The Morgan fingerprint density at radius 2 is 2.11 bits per heavy atom. The molecule has 5 nitrogen and oxygen atoms in total. The van der Waals surface area contributed by atoms with Crippen LogP contribution in [0.15, 0.2) is 18.6 Å². The maximum Gasteiger partial charge on any atom is 0.180 e. The summed E-state index contributed by atoms with van der Waals surface area (Å²) in [5.74, 6) is 1.95. The summed E-state index contributed by atoms with van der Waals surface area (Å²) in [6, 6.07) is 1.99. The minimum atomic E-state index is 0.372. The maximum atomic E-state index is 4.65. The Balaban J connectivity index is 2.48. The number of imidazole rings is 1. The van der Waals surface area contributed by atoms with Crippen LogP contribution < -0.4 is 5.32 Å². The van der Waals surface area contributed by atoms with Crippen LogP contribution >= 0.6 is 0 Å². The molecule has 19 heavy (non-hydrogen) atoms. The van der Waals surface area contributed by atoms with E-state index in [-0.39, 0.29) is 0 Å². The van der Waals surface area contributed by atoms with Crippen molar-refractivity contribution in [2.75, 3.05) is 12.4 Å². The van der Waals surface area contributed by atoms with E-state index in [1.807, 2.05) is 25.6 Å². The van der Waals surface area contributed by atoms with Crippen molar-refractivity contribution in [3.63, 3.8) is 0 Å². The fourth-order valence-electron chi connectivity index (χ4n) is 1.93. The van der Waals surface area contributed by atoms with Crippen LogP contribution in [0, 0.1) is 0 Å². The first-order valence-electron chi connectivity index (χ1n) is 6.73. The largest absolute Gasteiger partial charge is 0.373 e. The molecule has 102 valence electrons. The fraction of sp³-hybridized carbons (Fsp3) is 0.500. The molecule has 0 saturated heterocycles. The van der Waals surface area contributed by atoms with Crippen LogP contribution in [0.4, 0.5) is 5.82 Å². The molecule has 0 aliphatic rings. The highest BCUT2D eigenvalue weighted by atomic mass is 15.1. The van der Waals surface area contributed by atoms with Crippen LogP contribution in [0.25, 0.3) is 11.5 Å². The van der Waals surface area contributed by atoms with E-state index in [0.29, 0.717) is 5.92 Å². The highest BCUT2D eigenvalue weighted by Gasteiger charge is 2.12. The van der Waals surface area contributed by atoms with Gasteiger partial charge in [0.15, 0.2) is 5.82 Å². The first-order valence-corrected chi connectivity index (χ1v) is 6.73. The van der Waals surface area contributed by atoms with Crippen molar-refractivity contribution in [2.24, 2.45) is 0 Å². The Kier molecular flexibility index (Phi) is 4.14. The van der Waals surface area contributed by atoms with Crippen LogP contribution in [0.5, 0.6) is 0 Å². The molecule has 0 spiro atoms. The van der Waals surface area contributed by atoms with Crippen LogP contribution in [0.3, 0.4) is 0 Å². The summed E-state index contributed by atoms with van der Waals surface area (Å²) in [6.07, 6.45) is 4.73. The monoisotopic (exact) mass is 259 g/mol. The van der Waals surface area contributed by atoms with Crippen molar-refractivity contribution in [1.29, 1.82) is 0 Å². The molecule has 0 bridgehead atoms. The second-order valence-corrected chi connectivity index (χ2v) is 4.88.